The van der Waals surface area contributed by atoms with Gasteiger partial charge in [-0.3, -0.25) is 0 Å². The molecule has 0 aliphatic rings. The van der Waals surface area contributed by atoms with E-state index >= 15 is 0 Å². The molecule has 1 aromatic rings. The first-order valence-corrected chi connectivity index (χ1v) is 6.20. The van der Waals surface area contributed by atoms with Gasteiger partial charge in [0, 0.05) is 12.5 Å². The smallest absolute Gasteiger partial charge is 0.453 e. The first kappa shape index (κ1) is 17.9. The minimum absolute atomic E-state index is 0.0466. The molecule has 0 saturated carbocycles. The Kier molecular flexibility index (Phi) is 5.90. The molecule has 1 aromatic carbocycles. The molecule has 0 amide bonds. The molecule has 0 fully saturated rings. The van der Waals surface area contributed by atoms with Crippen molar-refractivity contribution in [2.24, 2.45) is 0 Å². The number of aromatic hydroxyl groups is 1. The molecule has 0 aliphatic carbocycles. The second-order valence-electron chi connectivity index (χ2n) is 4.40. The number of ether oxygens (including phenoxy) is 1. The normalized spacial score (nSPS) is 12.6. The molecule has 3 nitrogen and oxygen atoms in total. The van der Waals surface area contributed by atoms with Gasteiger partial charge < -0.3 is 9.84 Å². The highest BCUT2D eigenvalue weighted by atomic mass is 19.4. The Bertz CT molecular complexity index is 520. The zero-order valence-corrected chi connectivity index (χ0v) is 11.2. The Labute approximate surface area is 123 Å². The maximum Gasteiger partial charge on any atom is 0.453 e. The molecule has 0 aromatic heterocycles. The lowest BCUT2D eigenvalue weighted by atomic mass is 10.2. The van der Waals surface area contributed by atoms with Crippen LogP contribution in [0.5, 0.6) is 5.75 Å². The molecular weight excluding hydrogens is 311 g/mol. The second-order valence-corrected chi connectivity index (χ2v) is 4.40. The Morgan fingerprint density at radius 1 is 1.14 bits per heavy atom. The number of benzene rings is 1. The summed E-state index contributed by atoms with van der Waals surface area (Å²) < 4.78 is 65.2. The number of phenolic OH excluding ortho intramolecular Hbond substituents is 1. The number of hydrogen-bond donors (Lipinski definition) is 1. The van der Waals surface area contributed by atoms with Crippen LogP contribution in [0.3, 0.4) is 0 Å². The molecule has 122 valence electrons. The Balaban J connectivity index is 2.34. The zero-order chi connectivity index (χ0) is 16.8. The van der Waals surface area contributed by atoms with Crippen molar-refractivity contribution in [3.8, 4) is 5.75 Å². The summed E-state index contributed by atoms with van der Waals surface area (Å²) >= 11 is 0. The summed E-state index contributed by atoms with van der Waals surface area (Å²) in [5.74, 6) is -5.60. The lowest BCUT2D eigenvalue weighted by Crippen LogP contribution is -2.36. The van der Waals surface area contributed by atoms with E-state index in [1.54, 1.807) is 0 Å². The van der Waals surface area contributed by atoms with Gasteiger partial charge in [0.1, 0.15) is 5.75 Å². The predicted octanol–water partition coefficient (Wildman–Crippen LogP) is 3.93. The maximum atomic E-state index is 12.6. The number of hydrogen-bond acceptors (Lipinski definition) is 3. The molecule has 8 heteroatoms. The van der Waals surface area contributed by atoms with Gasteiger partial charge in [-0.05, 0) is 30.2 Å². The number of carbonyl (C=O) groups excluding carboxylic acids is 1. The van der Waals surface area contributed by atoms with Gasteiger partial charge in [0.15, 0.2) is 0 Å². The van der Waals surface area contributed by atoms with E-state index in [1.807, 2.05) is 0 Å². The molecule has 0 aliphatic heterocycles. The highest BCUT2D eigenvalue weighted by Gasteiger charge is 2.56. The lowest BCUT2D eigenvalue weighted by molar-refractivity contribution is -0.284. The monoisotopic (exact) mass is 324 g/mol. The molecule has 0 radical (unpaired) electrons. The van der Waals surface area contributed by atoms with Crippen molar-refractivity contribution in [1.82, 2.24) is 0 Å². The summed E-state index contributed by atoms with van der Waals surface area (Å²) in [4.78, 5) is 11.2. The van der Waals surface area contributed by atoms with E-state index < -0.39 is 37.5 Å². The Morgan fingerprint density at radius 3 is 2.27 bits per heavy atom. The maximum absolute atomic E-state index is 12.6. The molecule has 0 heterocycles. The van der Waals surface area contributed by atoms with Crippen LogP contribution in [0.2, 0.25) is 0 Å². The molecule has 22 heavy (non-hydrogen) atoms. The van der Waals surface area contributed by atoms with Gasteiger partial charge in [-0.1, -0.05) is 12.1 Å². The van der Waals surface area contributed by atoms with Crippen LogP contribution in [0.25, 0.3) is 6.08 Å². The summed E-state index contributed by atoms with van der Waals surface area (Å²) in [5, 5.41) is 9.04. The molecule has 1 rings (SSSR count). The first-order valence-electron chi connectivity index (χ1n) is 6.20. The van der Waals surface area contributed by atoms with Crippen LogP contribution in [0.1, 0.15) is 18.4 Å². The number of carbonyl (C=O) groups is 1. The third-order valence-corrected chi connectivity index (χ3v) is 2.60. The van der Waals surface area contributed by atoms with Crippen molar-refractivity contribution in [2.75, 3.05) is 6.61 Å². The first-order chi connectivity index (χ1) is 10.1. The van der Waals surface area contributed by atoms with Crippen LogP contribution in [-0.4, -0.2) is 29.8 Å². The van der Waals surface area contributed by atoms with Gasteiger partial charge in [0.2, 0.25) is 0 Å². The van der Waals surface area contributed by atoms with Crippen LogP contribution >= 0.6 is 0 Å². The second kappa shape index (κ2) is 7.24. The molecular formula is C14H13F5O3. The predicted molar refractivity (Wildman–Crippen MR) is 68.3 cm³/mol. The SMILES string of the molecule is O=C(/C=C/c1ccc(O)cc1)OCCCC(F)(F)C(F)(F)F. The quantitative estimate of drug-likeness (QED) is 0.373. The summed E-state index contributed by atoms with van der Waals surface area (Å²) in [6.07, 6.45) is -5.28. The van der Waals surface area contributed by atoms with Crippen molar-refractivity contribution in [1.29, 1.82) is 0 Å². The molecule has 0 spiro atoms. The fraction of sp³-hybridized carbons (Fsp3) is 0.357. The third-order valence-electron chi connectivity index (χ3n) is 2.60. The fourth-order valence-electron chi connectivity index (χ4n) is 1.41. The highest BCUT2D eigenvalue weighted by molar-refractivity contribution is 5.87. The van der Waals surface area contributed by atoms with Crippen molar-refractivity contribution >= 4 is 12.0 Å². The van der Waals surface area contributed by atoms with Crippen LogP contribution in [0.4, 0.5) is 22.0 Å². The number of phenols is 1. The number of halogens is 5. The zero-order valence-electron chi connectivity index (χ0n) is 11.2. The highest BCUT2D eigenvalue weighted by Crippen LogP contribution is 2.38. The van der Waals surface area contributed by atoms with Gasteiger partial charge in [-0.25, -0.2) is 4.79 Å². The average molecular weight is 324 g/mol. The van der Waals surface area contributed by atoms with Crippen molar-refractivity contribution in [3.05, 3.63) is 35.9 Å². The molecule has 0 bridgehead atoms. The average Bonchev–Trinajstić information content (AvgIpc) is 2.42. The Hall–Kier alpha value is -2.12. The third kappa shape index (κ3) is 5.71. The van der Waals surface area contributed by atoms with Crippen molar-refractivity contribution < 1.29 is 36.6 Å². The standard InChI is InChI=1S/C14H13F5O3/c15-13(16,14(17,18)19)8-1-9-22-12(21)7-4-10-2-5-11(20)6-3-10/h2-7,20H,1,8-9H2/b7-4+. The molecule has 1 N–H and O–H groups in total. The van der Waals surface area contributed by atoms with E-state index in [1.165, 1.54) is 30.3 Å². The van der Waals surface area contributed by atoms with Gasteiger partial charge in [-0.2, -0.15) is 22.0 Å². The van der Waals surface area contributed by atoms with E-state index in [4.69, 9.17) is 5.11 Å². The largest absolute Gasteiger partial charge is 0.508 e. The molecule has 0 atom stereocenters. The van der Waals surface area contributed by atoms with Gasteiger partial charge in [0.25, 0.3) is 0 Å². The molecule has 0 unspecified atom stereocenters. The summed E-state index contributed by atoms with van der Waals surface area (Å²) in [6, 6.07) is 5.82. The fourth-order valence-corrected chi connectivity index (χ4v) is 1.41. The van der Waals surface area contributed by atoms with E-state index in [0.717, 1.165) is 6.08 Å². The summed E-state index contributed by atoms with van der Waals surface area (Å²) in [7, 11) is 0. The molecule has 0 saturated heterocycles. The van der Waals surface area contributed by atoms with Crippen molar-refractivity contribution in [3.63, 3.8) is 0 Å². The minimum Gasteiger partial charge on any atom is -0.508 e. The van der Waals surface area contributed by atoms with Gasteiger partial charge in [-0.15, -0.1) is 0 Å². The van der Waals surface area contributed by atoms with Gasteiger partial charge >= 0.3 is 18.1 Å². The minimum atomic E-state index is -5.60. The van der Waals surface area contributed by atoms with Crippen LogP contribution in [-0.2, 0) is 9.53 Å². The van der Waals surface area contributed by atoms with E-state index in [0.29, 0.717) is 5.56 Å². The van der Waals surface area contributed by atoms with Crippen LogP contribution in [0.15, 0.2) is 30.3 Å². The van der Waals surface area contributed by atoms with E-state index in [9.17, 15) is 26.7 Å². The Morgan fingerprint density at radius 2 is 1.73 bits per heavy atom. The number of rotatable bonds is 6. The summed E-state index contributed by atoms with van der Waals surface area (Å²) in [6.45, 7) is -0.537. The topological polar surface area (TPSA) is 46.5 Å². The number of alkyl halides is 5. The number of esters is 1. The summed E-state index contributed by atoms with van der Waals surface area (Å²) in [5.41, 5.74) is 0.582. The van der Waals surface area contributed by atoms with E-state index in [2.05, 4.69) is 4.74 Å². The lowest BCUT2D eigenvalue weighted by Gasteiger charge is -2.18. The van der Waals surface area contributed by atoms with Crippen LogP contribution < -0.4 is 0 Å². The van der Waals surface area contributed by atoms with E-state index in [-0.39, 0.29) is 5.75 Å². The van der Waals surface area contributed by atoms with Gasteiger partial charge in [0.05, 0.1) is 6.61 Å². The van der Waals surface area contributed by atoms with Crippen LogP contribution in [0, 0.1) is 0 Å². The van der Waals surface area contributed by atoms with Crippen molar-refractivity contribution in [2.45, 2.75) is 24.9 Å².